The Morgan fingerprint density at radius 1 is 1.25 bits per heavy atom. The van der Waals surface area contributed by atoms with Crippen molar-refractivity contribution >= 4 is 5.91 Å². The number of amides is 1. The van der Waals surface area contributed by atoms with E-state index < -0.39 is 0 Å². The average molecular weight is 328 g/mol. The molecule has 1 heterocycles. The molecule has 0 spiro atoms. The van der Waals surface area contributed by atoms with Gasteiger partial charge >= 0.3 is 0 Å². The highest BCUT2D eigenvalue weighted by Gasteiger charge is 2.26. The molecule has 1 fully saturated rings. The topological polar surface area (TPSA) is 82.1 Å². The second-order valence-corrected chi connectivity index (χ2v) is 6.59. The maximum absolute atomic E-state index is 12.7. The Morgan fingerprint density at radius 3 is 2.46 bits per heavy atom. The highest BCUT2D eigenvalue weighted by molar-refractivity contribution is 5.94. The van der Waals surface area contributed by atoms with Crippen molar-refractivity contribution < 1.29 is 9.90 Å². The lowest BCUT2D eigenvalue weighted by molar-refractivity contribution is 0.0653. The molecule has 0 radical (unpaired) electrons. The number of hydrogen-bond acceptors (Lipinski definition) is 4. The first kappa shape index (κ1) is 16.6. The van der Waals surface area contributed by atoms with Crippen LogP contribution in [0.3, 0.4) is 0 Å². The molecule has 1 aliphatic rings. The molecule has 0 aliphatic heterocycles. The van der Waals surface area contributed by atoms with Crippen LogP contribution in [0, 0.1) is 12.8 Å². The van der Waals surface area contributed by atoms with Crippen molar-refractivity contribution in [3.63, 3.8) is 0 Å². The van der Waals surface area contributed by atoms with E-state index in [1.807, 2.05) is 43.1 Å². The second-order valence-electron chi connectivity index (χ2n) is 6.59. The van der Waals surface area contributed by atoms with Crippen LogP contribution in [0.4, 0.5) is 0 Å². The Balaban J connectivity index is 1.66. The molecule has 2 N–H and O–H groups in total. The van der Waals surface area contributed by atoms with Crippen molar-refractivity contribution in [2.45, 2.75) is 38.6 Å². The minimum absolute atomic E-state index is 0.0418. The zero-order valence-corrected chi connectivity index (χ0v) is 14.2. The Hall–Kier alpha value is -2.21. The number of benzene rings is 1. The molecule has 0 atom stereocenters. The summed E-state index contributed by atoms with van der Waals surface area (Å²) in [5, 5.41) is 16.2. The van der Waals surface area contributed by atoms with Gasteiger partial charge in [0, 0.05) is 30.8 Å². The molecular formula is C18H24N4O2. The molecule has 1 saturated carbocycles. The number of carbonyl (C=O) groups excluding carboxylic acids is 1. The van der Waals surface area contributed by atoms with Crippen LogP contribution in [0.1, 0.15) is 41.9 Å². The Kier molecular flexibility index (Phi) is 4.94. The first-order valence-electron chi connectivity index (χ1n) is 8.46. The van der Waals surface area contributed by atoms with E-state index in [9.17, 15) is 9.90 Å². The van der Waals surface area contributed by atoms with Crippen molar-refractivity contribution in [2.24, 2.45) is 5.92 Å². The van der Waals surface area contributed by atoms with Crippen LogP contribution in [0.25, 0.3) is 11.4 Å². The van der Waals surface area contributed by atoms with Gasteiger partial charge in [-0.05, 0) is 50.7 Å². The van der Waals surface area contributed by atoms with Crippen LogP contribution in [-0.2, 0) is 0 Å². The minimum atomic E-state index is 0.0418. The Labute approximate surface area is 141 Å². The van der Waals surface area contributed by atoms with E-state index >= 15 is 0 Å². The van der Waals surface area contributed by atoms with E-state index in [0.29, 0.717) is 17.3 Å². The van der Waals surface area contributed by atoms with Gasteiger partial charge in [-0.25, -0.2) is 4.98 Å². The van der Waals surface area contributed by atoms with Gasteiger partial charge in [0.15, 0.2) is 5.82 Å². The van der Waals surface area contributed by atoms with Crippen LogP contribution >= 0.6 is 0 Å². The van der Waals surface area contributed by atoms with Crippen LogP contribution < -0.4 is 0 Å². The number of nitrogens with zero attached hydrogens (tertiary/aromatic N) is 3. The molecule has 1 amide bonds. The summed E-state index contributed by atoms with van der Waals surface area (Å²) in [5.74, 6) is 1.85. The Bertz CT molecular complexity index is 687. The zero-order valence-electron chi connectivity index (χ0n) is 14.2. The minimum Gasteiger partial charge on any atom is -0.396 e. The number of carbonyl (C=O) groups is 1. The van der Waals surface area contributed by atoms with E-state index in [1.54, 1.807) is 0 Å². The summed E-state index contributed by atoms with van der Waals surface area (Å²) < 4.78 is 0. The van der Waals surface area contributed by atoms with Crippen molar-refractivity contribution in [3.8, 4) is 11.4 Å². The normalized spacial score (nSPS) is 20.8. The van der Waals surface area contributed by atoms with Gasteiger partial charge in [-0.3, -0.25) is 9.89 Å². The molecule has 1 aliphatic carbocycles. The summed E-state index contributed by atoms with van der Waals surface area (Å²) in [6.07, 6.45) is 3.90. The van der Waals surface area contributed by atoms with Gasteiger partial charge in [-0.1, -0.05) is 12.1 Å². The quantitative estimate of drug-likeness (QED) is 0.903. The molecule has 1 aromatic heterocycles. The third kappa shape index (κ3) is 3.48. The van der Waals surface area contributed by atoms with Crippen LogP contribution in [0.15, 0.2) is 24.3 Å². The van der Waals surface area contributed by atoms with Gasteiger partial charge in [0.25, 0.3) is 5.91 Å². The second kappa shape index (κ2) is 7.13. The molecule has 0 saturated heterocycles. The fourth-order valence-electron chi connectivity index (χ4n) is 3.32. The monoisotopic (exact) mass is 328 g/mol. The lowest BCUT2D eigenvalue weighted by Crippen LogP contribution is -2.39. The van der Waals surface area contributed by atoms with E-state index in [4.69, 9.17) is 0 Å². The number of H-pyrrole nitrogens is 1. The lowest BCUT2D eigenvalue weighted by Gasteiger charge is -2.34. The summed E-state index contributed by atoms with van der Waals surface area (Å²) in [5.41, 5.74) is 1.57. The number of hydrogen-bond donors (Lipinski definition) is 2. The van der Waals surface area contributed by atoms with Crippen molar-refractivity contribution in [1.29, 1.82) is 0 Å². The molecule has 0 unspecified atom stereocenters. The fraction of sp³-hybridized carbons (Fsp3) is 0.500. The van der Waals surface area contributed by atoms with Gasteiger partial charge in [0.05, 0.1) is 0 Å². The number of rotatable bonds is 4. The number of aliphatic hydroxyl groups excluding tert-OH is 1. The zero-order chi connectivity index (χ0) is 17.1. The van der Waals surface area contributed by atoms with E-state index in [0.717, 1.165) is 37.1 Å². The molecular weight excluding hydrogens is 304 g/mol. The molecule has 6 heteroatoms. The van der Waals surface area contributed by atoms with Crippen LogP contribution in [-0.4, -0.2) is 50.8 Å². The highest BCUT2D eigenvalue weighted by Crippen LogP contribution is 2.27. The van der Waals surface area contributed by atoms with Crippen LogP contribution in [0.2, 0.25) is 0 Å². The molecule has 128 valence electrons. The summed E-state index contributed by atoms with van der Waals surface area (Å²) in [6, 6.07) is 7.69. The predicted molar refractivity (Wildman–Crippen MR) is 91.5 cm³/mol. The third-order valence-corrected chi connectivity index (χ3v) is 4.93. The number of aliphatic hydroxyl groups is 1. The SMILES string of the molecule is Cc1nc(-c2ccc(C(=O)N(C)C3CCC(CO)CC3)cc2)n[nH]1. The lowest BCUT2D eigenvalue weighted by atomic mass is 9.86. The fourth-order valence-corrected chi connectivity index (χ4v) is 3.32. The van der Waals surface area contributed by atoms with E-state index in [2.05, 4.69) is 15.2 Å². The van der Waals surface area contributed by atoms with Gasteiger partial charge in [-0.15, -0.1) is 0 Å². The summed E-state index contributed by atoms with van der Waals surface area (Å²) >= 11 is 0. The molecule has 24 heavy (non-hydrogen) atoms. The molecule has 0 bridgehead atoms. The van der Waals surface area contributed by atoms with Crippen molar-refractivity contribution in [3.05, 3.63) is 35.7 Å². The number of nitrogens with one attached hydrogen (secondary N) is 1. The van der Waals surface area contributed by atoms with Crippen molar-refractivity contribution in [1.82, 2.24) is 20.1 Å². The van der Waals surface area contributed by atoms with E-state index in [-0.39, 0.29) is 18.6 Å². The molecule has 1 aromatic carbocycles. The van der Waals surface area contributed by atoms with Crippen LogP contribution in [0.5, 0.6) is 0 Å². The van der Waals surface area contributed by atoms with Gasteiger partial charge in [-0.2, -0.15) is 5.10 Å². The number of aromatic nitrogens is 3. The molecule has 2 aromatic rings. The van der Waals surface area contributed by atoms with Gasteiger partial charge < -0.3 is 10.0 Å². The van der Waals surface area contributed by atoms with Crippen molar-refractivity contribution in [2.75, 3.05) is 13.7 Å². The maximum Gasteiger partial charge on any atom is 0.253 e. The summed E-state index contributed by atoms with van der Waals surface area (Å²) in [6.45, 7) is 2.11. The summed E-state index contributed by atoms with van der Waals surface area (Å²) in [4.78, 5) is 18.8. The third-order valence-electron chi connectivity index (χ3n) is 4.93. The number of aryl methyl sites for hydroxylation is 1. The van der Waals surface area contributed by atoms with Gasteiger partial charge in [0.1, 0.15) is 5.82 Å². The first-order chi connectivity index (χ1) is 11.6. The largest absolute Gasteiger partial charge is 0.396 e. The smallest absolute Gasteiger partial charge is 0.253 e. The predicted octanol–water partition coefficient (Wildman–Crippen LogP) is 2.40. The summed E-state index contributed by atoms with van der Waals surface area (Å²) in [7, 11) is 1.87. The average Bonchev–Trinajstić information content (AvgIpc) is 3.07. The maximum atomic E-state index is 12.7. The Morgan fingerprint density at radius 2 is 1.92 bits per heavy atom. The first-order valence-corrected chi connectivity index (χ1v) is 8.46. The highest BCUT2D eigenvalue weighted by atomic mass is 16.3. The standard InChI is InChI=1S/C18H24N4O2/c1-12-19-17(21-20-12)14-5-7-15(8-6-14)18(24)22(2)16-9-3-13(11-23)4-10-16/h5-8,13,16,23H,3-4,9-11H2,1-2H3,(H,19,20,21). The number of aromatic amines is 1. The molecule has 3 rings (SSSR count). The molecule has 6 nitrogen and oxygen atoms in total. The van der Waals surface area contributed by atoms with E-state index in [1.165, 1.54) is 0 Å². The van der Waals surface area contributed by atoms with Gasteiger partial charge in [0.2, 0.25) is 0 Å².